The van der Waals surface area contributed by atoms with Crippen LogP contribution in [0.25, 0.3) is 0 Å². The number of carboxylic acids is 1. The molecule has 0 radical (unpaired) electrons. The van der Waals surface area contributed by atoms with Gasteiger partial charge >= 0.3 is 5.97 Å². The Bertz CT molecular complexity index is 535. The van der Waals surface area contributed by atoms with E-state index in [0.29, 0.717) is 6.42 Å². The van der Waals surface area contributed by atoms with Crippen LogP contribution >= 0.6 is 0 Å². The molecule has 3 nitrogen and oxygen atoms in total. The quantitative estimate of drug-likeness (QED) is 0.585. The van der Waals surface area contributed by atoms with E-state index in [1.807, 2.05) is 0 Å². The highest BCUT2D eigenvalue weighted by atomic mass is 16.4. The van der Waals surface area contributed by atoms with Gasteiger partial charge in [-0.3, -0.25) is 4.79 Å². The van der Waals surface area contributed by atoms with E-state index < -0.39 is 17.5 Å². The second kappa shape index (κ2) is 6.27. The number of carbonyl (C=O) groups is 1. The SMILES string of the molecule is C=CC(=C)CCC1C(=C)CC[C@H]2[C@@](C)(C(=O)O)[C@H](O)CC[C@]12C. The van der Waals surface area contributed by atoms with Gasteiger partial charge in [0, 0.05) is 0 Å². The molecule has 0 spiro atoms. The zero-order valence-corrected chi connectivity index (χ0v) is 14.5. The van der Waals surface area contributed by atoms with Gasteiger partial charge in [0.2, 0.25) is 0 Å². The van der Waals surface area contributed by atoms with Gasteiger partial charge in [0.1, 0.15) is 0 Å². The molecule has 3 heteroatoms. The molecular formula is C20H30O3. The van der Waals surface area contributed by atoms with Gasteiger partial charge in [-0.15, -0.1) is 0 Å². The van der Waals surface area contributed by atoms with E-state index in [2.05, 4.69) is 26.7 Å². The molecule has 0 aromatic carbocycles. The lowest BCUT2D eigenvalue weighted by Crippen LogP contribution is -2.59. The fraction of sp³-hybridized carbons (Fsp3) is 0.650. The standard InChI is InChI=1S/C20H30O3/c1-6-13(2)7-9-15-14(3)8-10-16-19(15,4)12-11-17(21)20(16,5)18(22)23/h6,15-17,21H,1-3,7-12H2,4-5H3,(H,22,23)/t15?,16-,17-,19-,20-/m1/s1. The van der Waals surface area contributed by atoms with E-state index in [1.54, 1.807) is 13.0 Å². The maximum Gasteiger partial charge on any atom is 0.312 e. The highest BCUT2D eigenvalue weighted by molar-refractivity contribution is 5.76. The summed E-state index contributed by atoms with van der Waals surface area (Å²) in [6, 6.07) is 0. The second-order valence-corrected chi connectivity index (χ2v) is 7.85. The second-order valence-electron chi connectivity index (χ2n) is 7.85. The van der Waals surface area contributed by atoms with Crippen LogP contribution in [0.3, 0.4) is 0 Å². The van der Waals surface area contributed by atoms with Gasteiger partial charge in [0.05, 0.1) is 11.5 Å². The molecule has 2 N–H and O–H groups in total. The molecule has 5 atom stereocenters. The first-order valence-corrected chi connectivity index (χ1v) is 8.57. The minimum atomic E-state index is -1.07. The summed E-state index contributed by atoms with van der Waals surface area (Å²) >= 11 is 0. The van der Waals surface area contributed by atoms with Crippen molar-refractivity contribution in [3.8, 4) is 0 Å². The largest absolute Gasteiger partial charge is 0.481 e. The van der Waals surface area contributed by atoms with E-state index >= 15 is 0 Å². The van der Waals surface area contributed by atoms with E-state index in [-0.39, 0.29) is 17.3 Å². The van der Waals surface area contributed by atoms with Crippen LogP contribution in [0.4, 0.5) is 0 Å². The van der Waals surface area contributed by atoms with Gasteiger partial charge in [0.15, 0.2) is 0 Å². The van der Waals surface area contributed by atoms with Gasteiger partial charge in [-0.1, -0.05) is 43.9 Å². The van der Waals surface area contributed by atoms with Crippen LogP contribution in [0.2, 0.25) is 0 Å². The number of aliphatic hydroxyl groups excluding tert-OH is 1. The third-order valence-electron chi connectivity index (χ3n) is 6.72. The van der Waals surface area contributed by atoms with Gasteiger partial charge < -0.3 is 10.2 Å². The van der Waals surface area contributed by atoms with E-state index in [9.17, 15) is 15.0 Å². The molecule has 0 aliphatic heterocycles. The maximum atomic E-state index is 12.0. The predicted molar refractivity (Wildman–Crippen MR) is 93.0 cm³/mol. The third-order valence-corrected chi connectivity index (χ3v) is 6.72. The number of rotatable bonds is 5. The minimum absolute atomic E-state index is 0.0243. The van der Waals surface area contributed by atoms with Gasteiger partial charge in [0.25, 0.3) is 0 Å². The van der Waals surface area contributed by atoms with Crippen LogP contribution in [0, 0.1) is 22.7 Å². The maximum absolute atomic E-state index is 12.0. The van der Waals surface area contributed by atoms with Gasteiger partial charge in [-0.2, -0.15) is 0 Å². The summed E-state index contributed by atoms with van der Waals surface area (Å²) in [4.78, 5) is 12.0. The average molecular weight is 318 g/mol. The van der Waals surface area contributed by atoms with E-state index in [4.69, 9.17) is 0 Å². The van der Waals surface area contributed by atoms with Gasteiger partial charge in [-0.05, 0) is 62.7 Å². The van der Waals surface area contributed by atoms with Crippen LogP contribution in [0.5, 0.6) is 0 Å². The van der Waals surface area contributed by atoms with Crippen molar-refractivity contribution in [3.63, 3.8) is 0 Å². The molecule has 23 heavy (non-hydrogen) atoms. The Morgan fingerprint density at radius 1 is 1.39 bits per heavy atom. The van der Waals surface area contributed by atoms with Crippen molar-refractivity contribution >= 4 is 5.97 Å². The highest BCUT2D eigenvalue weighted by Gasteiger charge is 2.60. The van der Waals surface area contributed by atoms with Crippen LogP contribution in [-0.2, 0) is 4.79 Å². The van der Waals surface area contributed by atoms with E-state index in [1.165, 1.54) is 5.57 Å². The Balaban J connectivity index is 2.35. The number of aliphatic carboxylic acids is 1. The Kier molecular flexibility index (Phi) is 4.91. The number of fused-ring (bicyclic) bond motifs is 1. The lowest BCUT2D eigenvalue weighted by Gasteiger charge is -2.58. The molecule has 0 aromatic rings. The number of hydrogen-bond donors (Lipinski definition) is 2. The first kappa shape index (κ1) is 18.0. The first-order chi connectivity index (χ1) is 10.7. The normalized spacial score (nSPS) is 40.3. The summed E-state index contributed by atoms with van der Waals surface area (Å²) in [6.07, 6.45) is 5.86. The van der Waals surface area contributed by atoms with Crippen molar-refractivity contribution in [2.24, 2.45) is 22.7 Å². The van der Waals surface area contributed by atoms with Crippen molar-refractivity contribution in [2.45, 2.75) is 58.5 Å². The molecule has 0 aromatic heterocycles. The summed E-state index contributed by atoms with van der Waals surface area (Å²) in [5, 5.41) is 20.2. The molecule has 1 unspecified atom stereocenters. The van der Waals surface area contributed by atoms with Crippen molar-refractivity contribution in [1.29, 1.82) is 0 Å². The molecule has 0 amide bonds. The van der Waals surface area contributed by atoms with Crippen molar-refractivity contribution in [2.75, 3.05) is 0 Å². The highest BCUT2D eigenvalue weighted by Crippen LogP contribution is 2.62. The van der Waals surface area contributed by atoms with Crippen LogP contribution < -0.4 is 0 Å². The summed E-state index contributed by atoms with van der Waals surface area (Å²) < 4.78 is 0. The molecule has 2 rings (SSSR count). The lowest BCUT2D eigenvalue weighted by atomic mass is 9.46. The average Bonchev–Trinajstić information content (AvgIpc) is 2.50. The smallest absolute Gasteiger partial charge is 0.312 e. The first-order valence-electron chi connectivity index (χ1n) is 8.57. The number of carboxylic acid groups (broad SMARTS) is 1. The lowest BCUT2D eigenvalue weighted by molar-refractivity contribution is -0.183. The molecule has 2 fully saturated rings. The number of allylic oxidation sites excluding steroid dienone is 3. The predicted octanol–water partition coefficient (Wildman–Crippen LogP) is 4.34. The number of hydrogen-bond acceptors (Lipinski definition) is 2. The molecular weight excluding hydrogens is 288 g/mol. The summed E-state index contributed by atoms with van der Waals surface area (Å²) in [5.74, 6) is -0.615. The molecule has 128 valence electrons. The number of aliphatic hydroxyl groups is 1. The fourth-order valence-electron chi connectivity index (χ4n) is 5.11. The Labute approximate surface area is 139 Å². The summed E-state index contributed by atoms with van der Waals surface area (Å²) in [7, 11) is 0. The fourth-order valence-corrected chi connectivity index (χ4v) is 5.11. The molecule has 0 heterocycles. The zero-order chi connectivity index (χ0) is 17.4. The van der Waals surface area contributed by atoms with Crippen LogP contribution in [0.15, 0.2) is 37.0 Å². The van der Waals surface area contributed by atoms with Crippen molar-refractivity contribution in [1.82, 2.24) is 0 Å². The topological polar surface area (TPSA) is 57.5 Å². The zero-order valence-electron chi connectivity index (χ0n) is 14.5. The minimum Gasteiger partial charge on any atom is -0.481 e. The van der Waals surface area contributed by atoms with E-state index in [0.717, 1.165) is 37.7 Å². The molecule has 0 bridgehead atoms. The molecule has 2 aliphatic carbocycles. The Hall–Kier alpha value is -1.35. The summed E-state index contributed by atoms with van der Waals surface area (Å²) in [6.45, 7) is 16.0. The third kappa shape index (κ3) is 2.80. The van der Waals surface area contributed by atoms with Crippen molar-refractivity contribution < 1.29 is 15.0 Å². The molecule has 2 aliphatic rings. The van der Waals surface area contributed by atoms with Crippen molar-refractivity contribution in [3.05, 3.63) is 37.0 Å². The Morgan fingerprint density at radius 2 is 2.04 bits per heavy atom. The molecule has 2 saturated carbocycles. The Morgan fingerprint density at radius 3 is 2.61 bits per heavy atom. The monoisotopic (exact) mass is 318 g/mol. The van der Waals surface area contributed by atoms with Crippen LogP contribution in [-0.4, -0.2) is 22.3 Å². The summed E-state index contributed by atoms with van der Waals surface area (Å²) in [5.41, 5.74) is 1.05. The van der Waals surface area contributed by atoms with Gasteiger partial charge in [-0.25, -0.2) is 0 Å². The molecule has 0 saturated heterocycles. The van der Waals surface area contributed by atoms with Crippen LogP contribution in [0.1, 0.15) is 52.4 Å².